The molecule has 1 aromatic carbocycles. The third-order valence-electron chi connectivity index (χ3n) is 3.75. The van der Waals surface area contributed by atoms with Crippen molar-refractivity contribution in [2.45, 2.75) is 46.2 Å². The molecule has 24 heavy (non-hydrogen) atoms. The largest absolute Gasteiger partial charge is 0.357 e. The molecule has 0 aliphatic carbocycles. The Kier molecular flexibility index (Phi) is 7.87. The minimum absolute atomic E-state index is 0.681. The first-order valence-corrected chi connectivity index (χ1v) is 8.87. The van der Waals surface area contributed by atoms with Gasteiger partial charge < -0.3 is 15.2 Å². The molecule has 2 N–H and O–H groups in total. The summed E-state index contributed by atoms with van der Waals surface area (Å²) in [5.41, 5.74) is 2.49. The van der Waals surface area contributed by atoms with E-state index in [2.05, 4.69) is 58.3 Å². The molecule has 0 atom stereocenters. The maximum atomic E-state index is 4.69. The van der Waals surface area contributed by atoms with Crippen LogP contribution in [0.1, 0.15) is 44.2 Å². The molecule has 5 heteroatoms. The smallest absolute Gasteiger partial charge is 0.191 e. The zero-order valence-corrected chi connectivity index (χ0v) is 14.8. The SMILES string of the molecule is CCCCCNC(=NCc1cccc(Cn2ccnc2)c1)NCC. The number of benzene rings is 1. The van der Waals surface area contributed by atoms with Crippen LogP contribution in [0.4, 0.5) is 0 Å². The van der Waals surface area contributed by atoms with Gasteiger partial charge in [-0.05, 0) is 24.5 Å². The number of aromatic nitrogens is 2. The number of unbranched alkanes of at least 4 members (excludes halogenated alkanes) is 2. The van der Waals surface area contributed by atoms with Crippen molar-refractivity contribution >= 4 is 5.96 Å². The second-order valence-electron chi connectivity index (χ2n) is 5.88. The summed E-state index contributed by atoms with van der Waals surface area (Å²) in [7, 11) is 0. The van der Waals surface area contributed by atoms with Gasteiger partial charge in [-0.25, -0.2) is 9.98 Å². The maximum absolute atomic E-state index is 4.69. The minimum Gasteiger partial charge on any atom is -0.357 e. The van der Waals surface area contributed by atoms with Crippen LogP contribution < -0.4 is 10.6 Å². The van der Waals surface area contributed by atoms with Gasteiger partial charge in [0.1, 0.15) is 0 Å². The van der Waals surface area contributed by atoms with E-state index in [-0.39, 0.29) is 0 Å². The van der Waals surface area contributed by atoms with Gasteiger partial charge in [-0.15, -0.1) is 0 Å². The Morgan fingerprint density at radius 2 is 2.04 bits per heavy atom. The topological polar surface area (TPSA) is 54.2 Å². The van der Waals surface area contributed by atoms with E-state index in [1.807, 2.05) is 12.5 Å². The van der Waals surface area contributed by atoms with Crippen LogP contribution in [0.5, 0.6) is 0 Å². The molecule has 1 aromatic heterocycles. The van der Waals surface area contributed by atoms with Crippen molar-refractivity contribution in [1.29, 1.82) is 0 Å². The Morgan fingerprint density at radius 3 is 2.79 bits per heavy atom. The zero-order valence-electron chi connectivity index (χ0n) is 14.8. The van der Waals surface area contributed by atoms with Crippen LogP contribution in [0, 0.1) is 0 Å². The van der Waals surface area contributed by atoms with Gasteiger partial charge in [-0.2, -0.15) is 0 Å². The summed E-state index contributed by atoms with van der Waals surface area (Å²) < 4.78 is 2.07. The first kappa shape index (κ1) is 18.0. The van der Waals surface area contributed by atoms with Crippen molar-refractivity contribution in [3.05, 3.63) is 54.1 Å². The number of imidazole rings is 1. The normalized spacial score (nSPS) is 11.5. The van der Waals surface area contributed by atoms with E-state index >= 15 is 0 Å². The lowest BCUT2D eigenvalue weighted by Gasteiger charge is -2.11. The van der Waals surface area contributed by atoms with Gasteiger partial charge in [0.15, 0.2) is 5.96 Å². The molecule has 0 amide bonds. The minimum atomic E-state index is 0.681. The van der Waals surface area contributed by atoms with E-state index in [4.69, 9.17) is 4.99 Å². The Hall–Kier alpha value is -2.30. The summed E-state index contributed by atoms with van der Waals surface area (Å²) in [4.78, 5) is 8.78. The quantitative estimate of drug-likeness (QED) is 0.422. The summed E-state index contributed by atoms with van der Waals surface area (Å²) in [6.07, 6.45) is 9.30. The van der Waals surface area contributed by atoms with Gasteiger partial charge in [-0.1, -0.05) is 44.0 Å². The molecule has 0 aliphatic rings. The van der Waals surface area contributed by atoms with Crippen LogP contribution >= 0.6 is 0 Å². The molecular weight excluding hydrogens is 298 g/mol. The van der Waals surface area contributed by atoms with Crippen molar-refractivity contribution in [3.63, 3.8) is 0 Å². The molecule has 0 fully saturated rings. The molecule has 0 spiro atoms. The average molecular weight is 327 g/mol. The second kappa shape index (κ2) is 10.5. The molecule has 2 aromatic rings. The van der Waals surface area contributed by atoms with Gasteiger partial charge in [0.2, 0.25) is 0 Å². The number of hydrogen-bond donors (Lipinski definition) is 2. The van der Waals surface area contributed by atoms with E-state index < -0.39 is 0 Å². The van der Waals surface area contributed by atoms with Gasteiger partial charge in [-0.3, -0.25) is 0 Å². The number of guanidine groups is 1. The summed E-state index contributed by atoms with van der Waals surface area (Å²) in [6, 6.07) is 8.58. The fourth-order valence-electron chi connectivity index (χ4n) is 2.51. The van der Waals surface area contributed by atoms with Crippen molar-refractivity contribution in [2.75, 3.05) is 13.1 Å². The van der Waals surface area contributed by atoms with Crippen molar-refractivity contribution in [2.24, 2.45) is 4.99 Å². The summed E-state index contributed by atoms with van der Waals surface area (Å²) in [6.45, 7) is 7.68. The first-order valence-electron chi connectivity index (χ1n) is 8.87. The van der Waals surface area contributed by atoms with Crippen LogP contribution in [0.25, 0.3) is 0 Å². The molecule has 0 bridgehead atoms. The van der Waals surface area contributed by atoms with Gasteiger partial charge in [0.25, 0.3) is 0 Å². The van der Waals surface area contributed by atoms with Crippen LogP contribution in [0.3, 0.4) is 0 Å². The Bertz CT molecular complexity index is 604. The Morgan fingerprint density at radius 1 is 1.17 bits per heavy atom. The molecule has 0 saturated heterocycles. The summed E-state index contributed by atoms with van der Waals surface area (Å²) in [5.74, 6) is 0.897. The van der Waals surface area contributed by atoms with E-state index in [1.54, 1.807) is 6.20 Å². The third kappa shape index (κ3) is 6.44. The predicted molar refractivity (Wildman–Crippen MR) is 100 cm³/mol. The molecule has 130 valence electrons. The maximum Gasteiger partial charge on any atom is 0.191 e. The van der Waals surface area contributed by atoms with Crippen LogP contribution in [-0.4, -0.2) is 28.6 Å². The van der Waals surface area contributed by atoms with Crippen LogP contribution in [0.2, 0.25) is 0 Å². The molecule has 0 unspecified atom stereocenters. The Labute approximate surface area is 145 Å². The molecule has 2 rings (SSSR count). The van der Waals surface area contributed by atoms with Crippen molar-refractivity contribution in [3.8, 4) is 0 Å². The number of aliphatic imine (C=N–C) groups is 1. The molecule has 0 aliphatic heterocycles. The highest BCUT2D eigenvalue weighted by molar-refractivity contribution is 5.79. The van der Waals surface area contributed by atoms with Crippen molar-refractivity contribution < 1.29 is 0 Å². The molecule has 0 radical (unpaired) electrons. The van der Waals surface area contributed by atoms with Gasteiger partial charge in [0.05, 0.1) is 12.9 Å². The molecule has 5 nitrogen and oxygen atoms in total. The van der Waals surface area contributed by atoms with Crippen LogP contribution in [0.15, 0.2) is 48.0 Å². The highest BCUT2D eigenvalue weighted by Gasteiger charge is 2.00. The van der Waals surface area contributed by atoms with Gasteiger partial charge in [0, 0.05) is 32.0 Å². The van der Waals surface area contributed by atoms with E-state index in [9.17, 15) is 0 Å². The molecule has 0 saturated carbocycles. The molecule has 1 heterocycles. The summed E-state index contributed by atoms with van der Waals surface area (Å²) in [5, 5.41) is 6.71. The van der Waals surface area contributed by atoms with E-state index in [0.717, 1.165) is 25.6 Å². The van der Waals surface area contributed by atoms with Gasteiger partial charge >= 0.3 is 0 Å². The number of nitrogens with zero attached hydrogens (tertiary/aromatic N) is 3. The fourth-order valence-corrected chi connectivity index (χ4v) is 2.51. The average Bonchev–Trinajstić information content (AvgIpc) is 3.10. The standard InChI is InChI=1S/C19H29N5/c1-3-5-6-10-22-19(21-4-2)23-14-17-8-7-9-18(13-17)15-24-12-11-20-16-24/h7-9,11-13,16H,3-6,10,14-15H2,1-2H3,(H2,21,22,23). The number of nitrogens with one attached hydrogen (secondary N) is 2. The lowest BCUT2D eigenvalue weighted by Crippen LogP contribution is -2.37. The van der Waals surface area contributed by atoms with Crippen molar-refractivity contribution in [1.82, 2.24) is 20.2 Å². The third-order valence-corrected chi connectivity index (χ3v) is 3.75. The Balaban J connectivity index is 1.92. The highest BCUT2D eigenvalue weighted by atomic mass is 15.2. The highest BCUT2D eigenvalue weighted by Crippen LogP contribution is 2.08. The predicted octanol–water partition coefficient (Wildman–Crippen LogP) is 3.18. The lowest BCUT2D eigenvalue weighted by atomic mass is 10.1. The number of hydrogen-bond acceptors (Lipinski definition) is 2. The van der Waals surface area contributed by atoms with Crippen LogP contribution in [-0.2, 0) is 13.1 Å². The summed E-state index contributed by atoms with van der Waals surface area (Å²) >= 11 is 0. The first-order chi connectivity index (χ1) is 11.8. The zero-order chi connectivity index (χ0) is 17.0. The lowest BCUT2D eigenvalue weighted by molar-refractivity contribution is 0.683. The molecular formula is C19H29N5. The number of rotatable bonds is 9. The fraction of sp³-hybridized carbons (Fsp3) is 0.474. The van der Waals surface area contributed by atoms with E-state index in [1.165, 1.54) is 30.4 Å². The van der Waals surface area contributed by atoms with E-state index in [0.29, 0.717) is 6.54 Å². The second-order valence-corrected chi connectivity index (χ2v) is 5.88. The monoisotopic (exact) mass is 327 g/mol.